The molecule has 1 aliphatic rings. The molecule has 0 radical (unpaired) electrons. The van der Waals surface area contributed by atoms with Gasteiger partial charge in [-0.2, -0.15) is 4.31 Å². The van der Waals surface area contributed by atoms with Crippen LogP contribution in [0.3, 0.4) is 0 Å². The first kappa shape index (κ1) is 22.0. The van der Waals surface area contributed by atoms with Crippen LogP contribution in [0.15, 0.2) is 52.4 Å². The zero-order chi connectivity index (χ0) is 21.7. The molecule has 1 saturated heterocycles. The molecule has 3 rings (SSSR count). The number of amides is 1. The first-order chi connectivity index (χ1) is 14.4. The van der Waals surface area contributed by atoms with Crippen LogP contribution in [0.5, 0.6) is 0 Å². The zero-order valence-electron chi connectivity index (χ0n) is 17.3. The number of nitrogens with zero attached hydrogens (tertiary/aromatic N) is 5. The Morgan fingerprint density at radius 3 is 2.37 bits per heavy atom. The lowest BCUT2D eigenvalue weighted by Gasteiger charge is -2.35. The number of piperazine rings is 1. The molecule has 0 aromatic carbocycles. The third-order valence-corrected chi connectivity index (χ3v) is 7.24. The van der Waals surface area contributed by atoms with Gasteiger partial charge in [-0.3, -0.25) is 9.59 Å². The Bertz CT molecular complexity index is 1030. The average Bonchev–Trinajstić information content (AvgIpc) is 2.76. The quantitative estimate of drug-likeness (QED) is 0.635. The van der Waals surface area contributed by atoms with Gasteiger partial charge in [-0.05, 0) is 18.2 Å². The van der Waals surface area contributed by atoms with E-state index in [9.17, 15) is 18.0 Å². The van der Waals surface area contributed by atoms with Gasteiger partial charge in [-0.25, -0.2) is 13.4 Å². The Kier molecular flexibility index (Phi) is 6.88. The molecule has 1 amide bonds. The Labute approximate surface area is 176 Å². The molecule has 3 heterocycles. The predicted molar refractivity (Wildman–Crippen MR) is 114 cm³/mol. The summed E-state index contributed by atoms with van der Waals surface area (Å²) in [6.45, 7) is 6.31. The third kappa shape index (κ3) is 4.71. The van der Waals surface area contributed by atoms with E-state index in [2.05, 4.69) is 9.88 Å². The van der Waals surface area contributed by atoms with Gasteiger partial charge in [0.25, 0.3) is 5.56 Å². The van der Waals surface area contributed by atoms with E-state index >= 15 is 0 Å². The second-order valence-corrected chi connectivity index (χ2v) is 8.91. The first-order valence-corrected chi connectivity index (χ1v) is 11.4. The lowest BCUT2D eigenvalue weighted by molar-refractivity contribution is -0.132. The molecule has 0 unspecified atom stereocenters. The number of sulfonamides is 1. The van der Waals surface area contributed by atoms with Gasteiger partial charge in [0.05, 0.1) is 4.90 Å². The van der Waals surface area contributed by atoms with E-state index in [0.29, 0.717) is 39.3 Å². The molecule has 0 saturated carbocycles. The lowest BCUT2D eigenvalue weighted by Crippen LogP contribution is -2.50. The number of hydrogen-bond acceptors (Lipinski definition) is 6. The van der Waals surface area contributed by atoms with Crippen LogP contribution in [0.4, 0.5) is 5.82 Å². The maximum Gasteiger partial charge on any atom is 0.251 e. The van der Waals surface area contributed by atoms with Crippen LogP contribution < -0.4 is 10.5 Å². The Hall–Kier alpha value is -2.72. The van der Waals surface area contributed by atoms with Crippen LogP contribution in [0.2, 0.25) is 0 Å². The van der Waals surface area contributed by atoms with Crippen molar-refractivity contribution in [3.63, 3.8) is 0 Å². The molecule has 9 nitrogen and oxygen atoms in total. The molecule has 0 N–H and O–H groups in total. The van der Waals surface area contributed by atoms with E-state index in [1.807, 2.05) is 18.2 Å². The fraction of sp³-hybridized carbons (Fsp3) is 0.450. The maximum atomic E-state index is 12.7. The predicted octanol–water partition coefficient (Wildman–Crippen LogP) is 0.623. The van der Waals surface area contributed by atoms with Gasteiger partial charge in [-0.15, -0.1) is 0 Å². The minimum Gasteiger partial charge on any atom is -0.353 e. The van der Waals surface area contributed by atoms with Crippen molar-refractivity contribution in [3.8, 4) is 0 Å². The van der Waals surface area contributed by atoms with Crippen LogP contribution in [-0.4, -0.2) is 72.3 Å². The minimum absolute atomic E-state index is 0.0126. The number of pyridine rings is 2. The molecule has 10 heteroatoms. The van der Waals surface area contributed by atoms with E-state index in [0.717, 1.165) is 5.82 Å². The summed E-state index contributed by atoms with van der Waals surface area (Å²) in [6.07, 6.45) is 3.00. The van der Waals surface area contributed by atoms with E-state index < -0.39 is 15.6 Å². The summed E-state index contributed by atoms with van der Waals surface area (Å²) < 4.78 is 27.9. The second kappa shape index (κ2) is 9.40. The molecule has 30 heavy (non-hydrogen) atoms. The highest BCUT2D eigenvalue weighted by molar-refractivity contribution is 7.89. The number of carbonyl (C=O) groups is 1. The standard InChI is InChI=1S/C20H27N5O4S/c1-3-25(4-2)30(28,29)17-8-9-19(26)24(15-17)16-20(27)23-13-11-22(12-14-23)18-7-5-6-10-21-18/h5-10,15H,3-4,11-14,16H2,1-2H3. The van der Waals surface area contributed by atoms with Gasteiger partial charge in [0.1, 0.15) is 12.4 Å². The molecular weight excluding hydrogens is 406 g/mol. The molecular formula is C20H27N5O4S. The van der Waals surface area contributed by atoms with Crippen molar-refractivity contribution in [2.75, 3.05) is 44.2 Å². The van der Waals surface area contributed by atoms with Gasteiger partial charge in [0.15, 0.2) is 0 Å². The number of carbonyl (C=O) groups excluding carboxylic acids is 1. The molecule has 2 aromatic heterocycles. The van der Waals surface area contributed by atoms with Crippen molar-refractivity contribution in [2.24, 2.45) is 0 Å². The fourth-order valence-electron chi connectivity index (χ4n) is 3.47. The zero-order valence-corrected chi connectivity index (χ0v) is 18.1. The van der Waals surface area contributed by atoms with Crippen LogP contribution in [0.25, 0.3) is 0 Å². The number of hydrogen-bond donors (Lipinski definition) is 0. The SMILES string of the molecule is CCN(CC)S(=O)(=O)c1ccc(=O)n(CC(=O)N2CCN(c3ccccn3)CC2)c1. The summed E-state index contributed by atoms with van der Waals surface area (Å²) in [6, 6.07) is 8.20. The normalized spacial score (nSPS) is 14.9. The van der Waals surface area contributed by atoms with Gasteiger partial charge in [-0.1, -0.05) is 19.9 Å². The molecule has 0 atom stereocenters. The summed E-state index contributed by atoms with van der Waals surface area (Å²) >= 11 is 0. The maximum absolute atomic E-state index is 12.7. The van der Waals surface area contributed by atoms with Gasteiger partial charge in [0, 0.05) is 57.7 Å². The smallest absolute Gasteiger partial charge is 0.251 e. The highest BCUT2D eigenvalue weighted by Gasteiger charge is 2.25. The Balaban J connectivity index is 1.69. The Morgan fingerprint density at radius 1 is 1.07 bits per heavy atom. The van der Waals surface area contributed by atoms with Gasteiger partial charge in [0.2, 0.25) is 15.9 Å². The van der Waals surface area contributed by atoms with Crippen LogP contribution in [-0.2, 0) is 21.4 Å². The molecule has 162 valence electrons. The minimum atomic E-state index is -3.70. The molecule has 1 aliphatic heterocycles. The van der Waals surface area contributed by atoms with Crippen molar-refractivity contribution < 1.29 is 13.2 Å². The van der Waals surface area contributed by atoms with Crippen molar-refractivity contribution in [1.82, 2.24) is 18.8 Å². The molecule has 1 fully saturated rings. The monoisotopic (exact) mass is 433 g/mol. The third-order valence-electron chi connectivity index (χ3n) is 5.21. The fourth-order valence-corrected chi connectivity index (χ4v) is 4.95. The molecule has 2 aromatic rings. The first-order valence-electron chi connectivity index (χ1n) is 10.0. The van der Waals surface area contributed by atoms with Crippen molar-refractivity contribution in [1.29, 1.82) is 0 Å². The summed E-state index contributed by atoms with van der Waals surface area (Å²) in [7, 11) is -3.70. The average molecular weight is 434 g/mol. The van der Waals surface area contributed by atoms with Gasteiger partial charge >= 0.3 is 0 Å². The van der Waals surface area contributed by atoms with Crippen molar-refractivity contribution in [2.45, 2.75) is 25.3 Å². The summed E-state index contributed by atoms with van der Waals surface area (Å²) in [4.78, 5) is 33.1. The number of aromatic nitrogens is 2. The van der Waals surface area contributed by atoms with E-state index in [-0.39, 0.29) is 17.3 Å². The topological polar surface area (TPSA) is 95.8 Å². The number of anilines is 1. The van der Waals surface area contributed by atoms with Crippen LogP contribution in [0, 0.1) is 0 Å². The van der Waals surface area contributed by atoms with Crippen molar-refractivity contribution in [3.05, 3.63) is 53.1 Å². The van der Waals surface area contributed by atoms with E-state index in [4.69, 9.17) is 0 Å². The molecule has 0 aliphatic carbocycles. The summed E-state index contributed by atoms with van der Waals surface area (Å²) in [5, 5.41) is 0. The van der Waals surface area contributed by atoms with Gasteiger partial charge < -0.3 is 14.4 Å². The highest BCUT2D eigenvalue weighted by atomic mass is 32.2. The summed E-state index contributed by atoms with van der Waals surface area (Å²) in [5.41, 5.74) is -0.408. The Morgan fingerprint density at radius 2 is 1.77 bits per heavy atom. The second-order valence-electron chi connectivity index (χ2n) is 6.98. The van der Waals surface area contributed by atoms with Crippen molar-refractivity contribution >= 4 is 21.7 Å². The lowest BCUT2D eigenvalue weighted by atomic mass is 10.3. The summed E-state index contributed by atoms with van der Waals surface area (Å²) in [5.74, 6) is 0.658. The largest absolute Gasteiger partial charge is 0.353 e. The molecule has 0 spiro atoms. The molecule has 0 bridgehead atoms. The van der Waals surface area contributed by atoms with E-state index in [1.54, 1.807) is 24.9 Å². The number of rotatable bonds is 7. The van der Waals surface area contributed by atoms with E-state index in [1.165, 1.54) is 27.2 Å². The highest BCUT2D eigenvalue weighted by Crippen LogP contribution is 2.15. The van der Waals surface area contributed by atoms with Crippen LogP contribution >= 0.6 is 0 Å². The van der Waals surface area contributed by atoms with Crippen LogP contribution in [0.1, 0.15) is 13.8 Å².